The summed E-state index contributed by atoms with van der Waals surface area (Å²) in [7, 11) is 0. The van der Waals surface area contributed by atoms with Crippen LogP contribution in [0.5, 0.6) is 11.6 Å². The van der Waals surface area contributed by atoms with Gasteiger partial charge in [-0.1, -0.05) is 19.4 Å². The van der Waals surface area contributed by atoms with Crippen molar-refractivity contribution >= 4 is 17.7 Å². The van der Waals surface area contributed by atoms with Gasteiger partial charge in [-0.25, -0.2) is 9.78 Å². The summed E-state index contributed by atoms with van der Waals surface area (Å²) >= 11 is 0. The van der Waals surface area contributed by atoms with Crippen LogP contribution in [0.25, 0.3) is 6.08 Å². The molecule has 136 valence electrons. The van der Waals surface area contributed by atoms with Gasteiger partial charge in [0.2, 0.25) is 5.88 Å². The standard InChI is InChI=1S/C19H20N2O5/c1-3-4-11-25-19(22)10-6-15-5-8-17(12-14(15)2)26-18-9-7-16(13-20-18)21(23)24/h5-10,12-13H,3-4,11H2,1-2H3/b10-6+. The zero-order valence-corrected chi connectivity index (χ0v) is 14.7. The van der Waals surface area contributed by atoms with Crippen molar-refractivity contribution in [2.24, 2.45) is 0 Å². The molecule has 0 saturated heterocycles. The van der Waals surface area contributed by atoms with Crippen LogP contribution < -0.4 is 4.74 Å². The number of nitro groups is 1. The molecule has 7 heteroatoms. The van der Waals surface area contributed by atoms with E-state index in [1.807, 2.05) is 19.9 Å². The third-order valence-electron chi connectivity index (χ3n) is 3.54. The number of carbonyl (C=O) groups excluding carboxylic acids is 1. The highest BCUT2D eigenvalue weighted by Crippen LogP contribution is 2.24. The number of esters is 1. The Morgan fingerprint density at radius 3 is 2.73 bits per heavy atom. The fraction of sp³-hybridized carbons (Fsp3) is 0.263. The number of unbranched alkanes of at least 4 members (excludes halogenated alkanes) is 1. The fourth-order valence-corrected chi connectivity index (χ4v) is 2.08. The van der Waals surface area contributed by atoms with E-state index in [1.165, 1.54) is 18.2 Å². The van der Waals surface area contributed by atoms with Crippen LogP contribution in [0.1, 0.15) is 30.9 Å². The smallest absolute Gasteiger partial charge is 0.330 e. The monoisotopic (exact) mass is 356 g/mol. The molecule has 0 N–H and O–H groups in total. The van der Waals surface area contributed by atoms with Crippen molar-refractivity contribution in [2.75, 3.05) is 6.61 Å². The maximum absolute atomic E-state index is 11.6. The highest BCUT2D eigenvalue weighted by atomic mass is 16.6. The molecule has 0 spiro atoms. The van der Waals surface area contributed by atoms with Crippen LogP contribution in [0.15, 0.2) is 42.6 Å². The van der Waals surface area contributed by atoms with Gasteiger partial charge in [0.1, 0.15) is 11.9 Å². The topological polar surface area (TPSA) is 91.6 Å². The van der Waals surface area contributed by atoms with Gasteiger partial charge in [-0.3, -0.25) is 10.1 Å². The first-order valence-corrected chi connectivity index (χ1v) is 8.23. The molecule has 0 saturated carbocycles. The van der Waals surface area contributed by atoms with Crippen LogP contribution in [0, 0.1) is 17.0 Å². The Kier molecular flexibility index (Phi) is 6.84. The van der Waals surface area contributed by atoms with Gasteiger partial charge in [0.05, 0.1) is 11.5 Å². The number of hydrogen-bond acceptors (Lipinski definition) is 6. The summed E-state index contributed by atoms with van der Waals surface area (Å²) in [5.74, 6) is 0.442. The largest absolute Gasteiger partial charge is 0.463 e. The summed E-state index contributed by atoms with van der Waals surface area (Å²) in [6.07, 6.45) is 6.06. The van der Waals surface area contributed by atoms with Gasteiger partial charge in [-0.2, -0.15) is 0 Å². The van der Waals surface area contributed by atoms with E-state index in [1.54, 1.807) is 18.2 Å². The summed E-state index contributed by atoms with van der Waals surface area (Å²) < 4.78 is 10.7. The normalized spacial score (nSPS) is 10.7. The second-order valence-corrected chi connectivity index (χ2v) is 5.59. The molecular formula is C19H20N2O5. The predicted octanol–water partition coefficient (Wildman–Crippen LogP) is 4.45. The first-order chi connectivity index (χ1) is 12.5. The minimum Gasteiger partial charge on any atom is -0.463 e. The molecule has 7 nitrogen and oxygen atoms in total. The first-order valence-electron chi connectivity index (χ1n) is 8.23. The third-order valence-corrected chi connectivity index (χ3v) is 3.54. The van der Waals surface area contributed by atoms with Crippen molar-refractivity contribution in [3.05, 3.63) is 63.8 Å². The average Bonchev–Trinajstić information content (AvgIpc) is 2.62. The molecule has 1 aromatic carbocycles. The lowest BCUT2D eigenvalue weighted by Crippen LogP contribution is -2.01. The van der Waals surface area contributed by atoms with Gasteiger partial charge >= 0.3 is 5.97 Å². The molecule has 2 aromatic rings. The summed E-state index contributed by atoms with van der Waals surface area (Å²) in [6, 6.07) is 8.11. The van der Waals surface area contributed by atoms with Gasteiger partial charge in [-0.05, 0) is 42.7 Å². The quantitative estimate of drug-likeness (QED) is 0.228. The molecular weight excluding hydrogens is 336 g/mol. The molecule has 0 amide bonds. The Hall–Kier alpha value is -3.22. The van der Waals surface area contributed by atoms with E-state index in [4.69, 9.17) is 9.47 Å². The van der Waals surface area contributed by atoms with Crippen molar-refractivity contribution in [3.63, 3.8) is 0 Å². The van der Waals surface area contributed by atoms with Gasteiger partial charge in [0.25, 0.3) is 5.69 Å². The molecule has 0 atom stereocenters. The first kappa shape index (κ1) is 19.1. The maximum atomic E-state index is 11.6. The molecule has 2 rings (SSSR count). The molecule has 26 heavy (non-hydrogen) atoms. The van der Waals surface area contributed by atoms with Crippen molar-refractivity contribution < 1.29 is 19.2 Å². The zero-order chi connectivity index (χ0) is 18.9. The van der Waals surface area contributed by atoms with Gasteiger partial charge < -0.3 is 9.47 Å². The van der Waals surface area contributed by atoms with Crippen LogP contribution in [-0.4, -0.2) is 22.5 Å². The molecule has 0 aliphatic carbocycles. The van der Waals surface area contributed by atoms with Crippen molar-refractivity contribution in [1.82, 2.24) is 4.98 Å². The zero-order valence-electron chi connectivity index (χ0n) is 14.7. The Labute approximate surface area is 151 Å². The minimum atomic E-state index is -0.519. The maximum Gasteiger partial charge on any atom is 0.330 e. The van der Waals surface area contributed by atoms with E-state index in [0.29, 0.717) is 12.4 Å². The molecule has 0 fully saturated rings. The third kappa shape index (κ3) is 5.70. The lowest BCUT2D eigenvalue weighted by molar-refractivity contribution is -0.385. The number of carbonyl (C=O) groups is 1. The molecule has 0 aliphatic heterocycles. The average molecular weight is 356 g/mol. The number of hydrogen-bond donors (Lipinski definition) is 0. The number of aryl methyl sites for hydroxylation is 1. The predicted molar refractivity (Wildman–Crippen MR) is 97.0 cm³/mol. The van der Waals surface area contributed by atoms with Gasteiger partial charge in [0.15, 0.2) is 0 Å². The highest BCUT2D eigenvalue weighted by Gasteiger charge is 2.07. The molecule has 1 aromatic heterocycles. The van der Waals surface area contributed by atoms with E-state index in [2.05, 4.69) is 4.98 Å². The number of pyridine rings is 1. The Bertz CT molecular complexity index is 800. The summed E-state index contributed by atoms with van der Waals surface area (Å²) in [5, 5.41) is 10.6. The van der Waals surface area contributed by atoms with Crippen LogP contribution in [0.3, 0.4) is 0 Å². The van der Waals surface area contributed by atoms with E-state index in [-0.39, 0.29) is 17.5 Å². The van der Waals surface area contributed by atoms with Crippen molar-refractivity contribution in [1.29, 1.82) is 0 Å². The lowest BCUT2D eigenvalue weighted by Gasteiger charge is -2.07. The van der Waals surface area contributed by atoms with E-state index in [0.717, 1.165) is 30.2 Å². The second kappa shape index (κ2) is 9.31. The second-order valence-electron chi connectivity index (χ2n) is 5.59. The van der Waals surface area contributed by atoms with E-state index < -0.39 is 4.92 Å². The molecule has 0 unspecified atom stereocenters. The number of aromatic nitrogens is 1. The molecule has 0 bridgehead atoms. The van der Waals surface area contributed by atoms with Crippen LogP contribution in [0.4, 0.5) is 5.69 Å². The number of ether oxygens (including phenoxy) is 2. The van der Waals surface area contributed by atoms with E-state index in [9.17, 15) is 14.9 Å². The summed E-state index contributed by atoms with van der Waals surface area (Å²) in [5.41, 5.74) is 1.67. The molecule has 0 radical (unpaired) electrons. The lowest BCUT2D eigenvalue weighted by atomic mass is 10.1. The Morgan fingerprint density at radius 1 is 1.31 bits per heavy atom. The van der Waals surface area contributed by atoms with Crippen LogP contribution in [-0.2, 0) is 9.53 Å². The fourth-order valence-electron chi connectivity index (χ4n) is 2.08. The minimum absolute atomic E-state index is 0.0974. The number of rotatable bonds is 8. The Morgan fingerprint density at radius 2 is 2.12 bits per heavy atom. The van der Waals surface area contributed by atoms with Gasteiger partial charge in [-0.15, -0.1) is 0 Å². The highest BCUT2D eigenvalue weighted by molar-refractivity contribution is 5.87. The van der Waals surface area contributed by atoms with Crippen molar-refractivity contribution in [3.8, 4) is 11.6 Å². The Balaban J connectivity index is 2.00. The molecule has 1 heterocycles. The van der Waals surface area contributed by atoms with Crippen LogP contribution >= 0.6 is 0 Å². The van der Waals surface area contributed by atoms with E-state index >= 15 is 0 Å². The van der Waals surface area contributed by atoms with Gasteiger partial charge in [0, 0.05) is 18.2 Å². The molecule has 0 aliphatic rings. The summed E-state index contributed by atoms with van der Waals surface area (Å²) in [4.78, 5) is 25.6. The summed E-state index contributed by atoms with van der Waals surface area (Å²) in [6.45, 7) is 4.34. The number of nitrogens with zero attached hydrogens (tertiary/aromatic N) is 2. The SMILES string of the molecule is CCCCOC(=O)/C=C/c1ccc(Oc2ccc([N+](=O)[O-])cn2)cc1C. The van der Waals surface area contributed by atoms with Crippen LogP contribution in [0.2, 0.25) is 0 Å². The number of benzene rings is 1. The van der Waals surface area contributed by atoms with Crippen molar-refractivity contribution in [2.45, 2.75) is 26.7 Å².